The molecule has 2 aromatic carbocycles. The molecule has 0 radical (unpaired) electrons. The summed E-state index contributed by atoms with van der Waals surface area (Å²) in [6.45, 7) is 12.1. The predicted octanol–water partition coefficient (Wildman–Crippen LogP) is 5.23. The number of hydrogen-bond donors (Lipinski definition) is 2. The third-order valence-electron chi connectivity index (χ3n) is 6.63. The van der Waals surface area contributed by atoms with E-state index in [1.165, 1.54) is 0 Å². The molecular weight excluding hydrogens is 502 g/mol. The number of nitrogens with one attached hydrogen (secondary N) is 2. The van der Waals surface area contributed by atoms with Crippen LogP contribution in [0.1, 0.15) is 26.3 Å². The second-order valence-corrected chi connectivity index (χ2v) is 9.02. The van der Waals surface area contributed by atoms with Crippen molar-refractivity contribution in [1.29, 1.82) is 0 Å². The maximum absolute atomic E-state index is 6.29. The first kappa shape index (κ1) is 28.5. The van der Waals surface area contributed by atoms with E-state index in [0.29, 0.717) is 19.2 Å². The molecule has 3 aliphatic heterocycles. The Balaban J connectivity index is 0.000000886. The number of anilines is 3. The van der Waals surface area contributed by atoms with Crippen LogP contribution in [0, 0.1) is 19.8 Å². The minimum absolute atomic E-state index is 0.344. The van der Waals surface area contributed by atoms with Gasteiger partial charge in [-0.2, -0.15) is 5.10 Å². The monoisotopic (exact) mass is 539 g/mol. The van der Waals surface area contributed by atoms with Crippen LogP contribution < -0.4 is 25.0 Å². The van der Waals surface area contributed by atoms with Crippen molar-refractivity contribution in [3.8, 4) is 24.3 Å². The van der Waals surface area contributed by atoms with Crippen molar-refractivity contribution < 1.29 is 9.47 Å². The summed E-state index contributed by atoms with van der Waals surface area (Å²) in [6.07, 6.45) is 17.2. The van der Waals surface area contributed by atoms with Gasteiger partial charge in [0.25, 0.3) is 0 Å². The lowest BCUT2D eigenvalue weighted by Crippen LogP contribution is -2.55. The molecule has 1 unspecified atom stereocenters. The first-order valence-electron chi connectivity index (χ1n) is 13.6. The van der Waals surface area contributed by atoms with Gasteiger partial charge in [-0.1, -0.05) is 13.8 Å². The second kappa shape index (κ2) is 13.5. The van der Waals surface area contributed by atoms with Crippen molar-refractivity contribution in [2.75, 3.05) is 43.0 Å². The number of rotatable bonds is 5. The molecule has 6 rings (SSSR count). The molecule has 0 saturated carbocycles. The van der Waals surface area contributed by atoms with Crippen LogP contribution in [0.3, 0.4) is 0 Å². The lowest BCUT2D eigenvalue weighted by Gasteiger charge is -2.42. The van der Waals surface area contributed by atoms with Crippen LogP contribution in [0.4, 0.5) is 17.2 Å². The highest BCUT2D eigenvalue weighted by molar-refractivity contribution is 6.00. The van der Waals surface area contributed by atoms with Gasteiger partial charge in [0.1, 0.15) is 30.3 Å². The quantitative estimate of drug-likeness (QED) is 0.337. The van der Waals surface area contributed by atoms with E-state index in [1.54, 1.807) is 12.5 Å². The Labute approximate surface area is 236 Å². The topological polar surface area (TPSA) is 87.1 Å². The summed E-state index contributed by atoms with van der Waals surface area (Å²) in [6, 6.07) is 10.5. The van der Waals surface area contributed by atoms with Gasteiger partial charge in [0.15, 0.2) is 5.75 Å². The SMILES string of the molecule is C#C.C/C=N\N1C=CC(Oc2ccc(Nc3ncnc4ccc5c(c34)OCC3CNCCN53)cc2C)=CC1.CC. The Morgan fingerprint density at radius 1 is 1.20 bits per heavy atom. The summed E-state index contributed by atoms with van der Waals surface area (Å²) >= 11 is 0. The Bertz CT molecular complexity index is 1430. The molecule has 0 aliphatic carbocycles. The van der Waals surface area contributed by atoms with Crippen LogP contribution in [-0.4, -0.2) is 60.0 Å². The lowest BCUT2D eigenvalue weighted by molar-refractivity contribution is 0.250. The van der Waals surface area contributed by atoms with Crippen LogP contribution in [-0.2, 0) is 0 Å². The van der Waals surface area contributed by atoms with E-state index < -0.39 is 0 Å². The van der Waals surface area contributed by atoms with Crippen LogP contribution in [0.15, 0.2) is 65.9 Å². The van der Waals surface area contributed by atoms with Crippen LogP contribution in [0.25, 0.3) is 10.9 Å². The predicted molar refractivity (Wildman–Crippen MR) is 163 cm³/mol. The van der Waals surface area contributed by atoms with Gasteiger partial charge in [-0.25, -0.2) is 9.97 Å². The van der Waals surface area contributed by atoms with Gasteiger partial charge < -0.3 is 25.0 Å². The largest absolute Gasteiger partial charge is 0.488 e. The maximum Gasteiger partial charge on any atom is 0.155 e. The maximum atomic E-state index is 6.29. The average molecular weight is 540 g/mol. The summed E-state index contributed by atoms with van der Waals surface area (Å²) in [7, 11) is 0. The van der Waals surface area contributed by atoms with E-state index in [-0.39, 0.29) is 0 Å². The minimum Gasteiger partial charge on any atom is -0.488 e. The molecule has 3 aromatic rings. The highest BCUT2D eigenvalue weighted by atomic mass is 16.5. The Morgan fingerprint density at radius 3 is 2.80 bits per heavy atom. The summed E-state index contributed by atoms with van der Waals surface area (Å²) in [5.74, 6) is 3.19. The highest BCUT2D eigenvalue weighted by Crippen LogP contribution is 2.43. The van der Waals surface area contributed by atoms with Gasteiger partial charge in [-0.15, -0.1) is 12.8 Å². The number of ether oxygens (including phenoxy) is 2. The smallest absolute Gasteiger partial charge is 0.155 e. The molecule has 3 aliphatic rings. The van der Waals surface area contributed by atoms with Crippen molar-refractivity contribution in [1.82, 2.24) is 20.3 Å². The highest BCUT2D eigenvalue weighted by Gasteiger charge is 2.31. The van der Waals surface area contributed by atoms with Gasteiger partial charge >= 0.3 is 0 Å². The fourth-order valence-electron chi connectivity index (χ4n) is 4.87. The normalized spacial score (nSPS) is 17.4. The first-order valence-corrected chi connectivity index (χ1v) is 13.6. The zero-order valence-corrected chi connectivity index (χ0v) is 23.6. The fraction of sp³-hybridized carbons (Fsp3) is 0.323. The zero-order valence-electron chi connectivity index (χ0n) is 23.6. The lowest BCUT2D eigenvalue weighted by atomic mass is 10.1. The van der Waals surface area contributed by atoms with Crippen molar-refractivity contribution in [2.45, 2.75) is 33.7 Å². The fourth-order valence-corrected chi connectivity index (χ4v) is 4.87. The van der Waals surface area contributed by atoms with Gasteiger partial charge in [0.05, 0.1) is 29.2 Å². The molecule has 1 aromatic heterocycles. The van der Waals surface area contributed by atoms with Crippen molar-refractivity contribution >= 4 is 34.3 Å². The average Bonchev–Trinajstić information content (AvgIpc) is 3.01. The number of aromatic nitrogens is 2. The molecule has 208 valence electrons. The number of allylic oxidation sites excluding steroid dienone is 1. The zero-order chi connectivity index (χ0) is 28.5. The van der Waals surface area contributed by atoms with Gasteiger partial charge in [-0.05, 0) is 61.9 Å². The van der Waals surface area contributed by atoms with Crippen LogP contribution in [0.2, 0.25) is 0 Å². The van der Waals surface area contributed by atoms with E-state index in [0.717, 1.165) is 70.6 Å². The number of aryl methyl sites for hydroxylation is 1. The van der Waals surface area contributed by atoms with E-state index in [4.69, 9.17) is 9.47 Å². The molecular formula is C31H37N7O2. The number of nitrogens with zero attached hydrogens (tertiary/aromatic N) is 5. The molecule has 1 atom stereocenters. The van der Waals surface area contributed by atoms with Gasteiger partial charge in [-0.3, -0.25) is 5.01 Å². The van der Waals surface area contributed by atoms with Crippen LogP contribution >= 0.6 is 0 Å². The second-order valence-electron chi connectivity index (χ2n) is 9.02. The molecule has 9 nitrogen and oxygen atoms in total. The van der Waals surface area contributed by atoms with Crippen molar-refractivity contribution in [2.24, 2.45) is 5.10 Å². The molecule has 1 fully saturated rings. The van der Waals surface area contributed by atoms with E-state index in [1.807, 2.05) is 63.2 Å². The first-order chi connectivity index (χ1) is 19.7. The third kappa shape index (κ3) is 6.03. The molecule has 2 N–H and O–H groups in total. The summed E-state index contributed by atoms with van der Waals surface area (Å²) < 4.78 is 12.4. The molecule has 40 heavy (non-hydrogen) atoms. The Kier molecular flexibility index (Phi) is 9.60. The molecule has 0 spiro atoms. The minimum atomic E-state index is 0.344. The molecule has 0 bridgehead atoms. The summed E-state index contributed by atoms with van der Waals surface area (Å²) in [5, 5.41) is 14.0. The molecule has 4 heterocycles. The number of terminal acetylenes is 1. The van der Waals surface area contributed by atoms with Gasteiger partial charge in [0, 0.05) is 37.7 Å². The summed E-state index contributed by atoms with van der Waals surface area (Å²) in [5.41, 5.74) is 3.90. The molecule has 0 amide bonds. The van der Waals surface area contributed by atoms with E-state index >= 15 is 0 Å². The number of hydrazone groups is 1. The molecule has 1 saturated heterocycles. The van der Waals surface area contributed by atoms with Crippen LogP contribution in [0.5, 0.6) is 11.5 Å². The summed E-state index contributed by atoms with van der Waals surface area (Å²) in [4.78, 5) is 11.5. The number of benzene rings is 2. The number of hydrogen-bond acceptors (Lipinski definition) is 9. The standard InChI is InChI=1S/C27H29N7O2.C2H6.C2H2/c1-3-31-33-11-8-21(9-12-33)36-24-7-4-19(14-18(24)2)32-27-25-22(29-17-30-27)5-6-23-26(25)35-16-20-15-28-10-13-34(20)23;2*1-2/h3-9,11,14,17,20,28H,10,12-13,15-16H2,1-2H3,(H,29,30,32);1-2H3;1-2H/b31-3-;;. The molecule has 9 heteroatoms. The number of piperazine rings is 1. The van der Waals surface area contributed by atoms with E-state index in [2.05, 4.69) is 61.6 Å². The van der Waals surface area contributed by atoms with Gasteiger partial charge in [0.2, 0.25) is 0 Å². The third-order valence-corrected chi connectivity index (χ3v) is 6.63. The Hall–Kier alpha value is -4.55. The van der Waals surface area contributed by atoms with E-state index in [9.17, 15) is 0 Å². The van der Waals surface area contributed by atoms with Crippen molar-refractivity contribution in [3.05, 3.63) is 66.3 Å². The Morgan fingerprint density at radius 2 is 2.05 bits per heavy atom. The number of fused-ring (bicyclic) bond motifs is 5. The van der Waals surface area contributed by atoms with Crippen molar-refractivity contribution in [3.63, 3.8) is 0 Å².